The Morgan fingerprint density at radius 1 is 1.00 bits per heavy atom. The fourth-order valence-corrected chi connectivity index (χ4v) is 3.91. The summed E-state index contributed by atoms with van der Waals surface area (Å²) >= 11 is 0. The zero-order valence-corrected chi connectivity index (χ0v) is 12.8. The summed E-state index contributed by atoms with van der Waals surface area (Å²) < 4.78 is 65.6. The molecule has 0 radical (unpaired) electrons. The number of hydrogen-bond acceptors (Lipinski definition) is 4. The molecular weight excluding hydrogens is 347 g/mol. The molecule has 0 fully saturated rings. The van der Waals surface area contributed by atoms with Gasteiger partial charge in [-0.3, -0.25) is 4.79 Å². The molecule has 2 aromatic carbocycles. The largest absolute Gasteiger partial charge is 0.573 e. The third kappa shape index (κ3) is 2.94. The van der Waals surface area contributed by atoms with Crippen LogP contribution in [0.2, 0.25) is 0 Å². The summed E-state index contributed by atoms with van der Waals surface area (Å²) in [5, 5.41) is 0. The number of carbonyl (C=O) groups excluding carboxylic acids is 1. The van der Waals surface area contributed by atoms with Crippen LogP contribution in [0.15, 0.2) is 53.4 Å². The number of nitrogens with zero attached hydrogens (tertiary/aromatic N) is 1. The van der Waals surface area contributed by atoms with E-state index in [1.807, 2.05) is 0 Å². The predicted octanol–water partition coefficient (Wildman–Crippen LogP) is 2.93. The standard InChI is InChI=1S/C15H10F3NO4S/c16-15(17,18)23-11-7-5-10(6-8-11)9-19-14(20)12-3-1-2-4-13(12)24(19,21)22/h1-8H,9H2. The van der Waals surface area contributed by atoms with Crippen molar-refractivity contribution in [3.63, 3.8) is 0 Å². The SMILES string of the molecule is O=C1c2ccccc2S(=O)(=O)N1Cc1ccc(OC(F)(F)F)cc1. The van der Waals surface area contributed by atoms with Crippen LogP contribution in [-0.2, 0) is 16.6 Å². The van der Waals surface area contributed by atoms with Gasteiger partial charge in [0.15, 0.2) is 0 Å². The number of rotatable bonds is 3. The van der Waals surface area contributed by atoms with Crippen LogP contribution in [0, 0.1) is 0 Å². The summed E-state index contributed by atoms with van der Waals surface area (Å²) in [6.45, 7) is -0.276. The van der Waals surface area contributed by atoms with Gasteiger partial charge in [0.1, 0.15) is 10.6 Å². The van der Waals surface area contributed by atoms with E-state index >= 15 is 0 Å². The highest BCUT2D eigenvalue weighted by Gasteiger charge is 2.40. The van der Waals surface area contributed by atoms with E-state index in [9.17, 15) is 26.4 Å². The number of carbonyl (C=O) groups is 1. The number of halogens is 3. The molecule has 3 rings (SSSR count). The predicted molar refractivity (Wildman–Crippen MR) is 76.6 cm³/mol. The second kappa shape index (κ2) is 5.52. The monoisotopic (exact) mass is 357 g/mol. The molecule has 0 N–H and O–H groups in total. The highest BCUT2D eigenvalue weighted by molar-refractivity contribution is 7.90. The molecule has 126 valence electrons. The third-order valence-corrected chi connectivity index (χ3v) is 5.18. The van der Waals surface area contributed by atoms with Crippen molar-refractivity contribution in [2.24, 2.45) is 0 Å². The molecule has 1 heterocycles. The molecule has 0 aliphatic carbocycles. The minimum atomic E-state index is -4.81. The summed E-state index contributed by atoms with van der Waals surface area (Å²) in [5.74, 6) is -1.09. The lowest BCUT2D eigenvalue weighted by molar-refractivity contribution is -0.274. The first kappa shape index (κ1) is 16.3. The van der Waals surface area contributed by atoms with E-state index in [0.29, 0.717) is 9.87 Å². The van der Waals surface area contributed by atoms with Gasteiger partial charge in [0.25, 0.3) is 15.9 Å². The molecule has 2 aromatic rings. The Hall–Kier alpha value is -2.55. The van der Waals surface area contributed by atoms with Crippen LogP contribution >= 0.6 is 0 Å². The van der Waals surface area contributed by atoms with E-state index in [1.165, 1.54) is 30.3 Å². The molecule has 0 saturated carbocycles. The van der Waals surface area contributed by atoms with Gasteiger partial charge in [-0.2, -0.15) is 0 Å². The molecular formula is C15H10F3NO4S. The zero-order chi connectivity index (χ0) is 17.5. The third-order valence-electron chi connectivity index (χ3n) is 3.40. The van der Waals surface area contributed by atoms with Crippen molar-refractivity contribution in [2.45, 2.75) is 17.8 Å². The molecule has 0 unspecified atom stereocenters. The topological polar surface area (TPSA) is 63.7 Å². The summed E-state index contributed by atoms with van der Waals surface area (Å²) in [4.78, 5) is 12.2. The molecule has 9 heteroatoms. The van der Waals surface area contributed by atoms with Gasteiger partial charge in [0, 0.05) is 0 Å². The molecule has 0 saturated heterocycles. The quantitative estimate of drug-likeness (QED) is 0.847. The molecule has 1 aliphatic heterocycles. The maximum absolute atomic E-state index is 12.4. The minimum absolute atomic E-state index is 0.0768. The van der Waals surface area contributed by atoms with Crippen molar-refractivity contribution in [2.75, 3.05) is 0 Å². The lowest BCUT2D eigenvalue weighted by Gasteiger charge is -2.15. The Morgan fingerprint density at radius 2 is 1.62 bits per heavy atom. The smallest absolute Gasteiger partial charge is 0.406 e. The van der Waals surface area contributed by atoms with E-state index in [-0.39, 0.29) is 17.0 Å². The first-order chi connectivity index (χ1) is 11.2. The van der Waals surface area contributed by atoms with Gasteiger partial charge in [-0.25, -0.2) is 12.7 Å². The number of amides is 1. The average molecular weight is 357 g/mol. The number of hydrogen-bond donors (Lipinski definition) is 0. The molecule has 5 nitrogen and oxygen atoms in total. The van der Waals surface area contributed by atoms with Gasteiger partial charge < -0.3 is 4.74 Å². The number of ether oxygens (including phenoxy) is 1. The Kier molecular flexibility index (Phi) is 3.75. The van der Waals surface area contributed by atoms with Gasteiger partial charge in [-0.15, -0.1) is 13.2 Å². The number of benzene rings is 2. The number of fused-ring (bicyclic) bond motifs is 1. The van der Waals surface area contributed by atoms with Crippen LogP contribution in [0.3, 0.4) is 0 Å². The normalized spacial score (nSPS) is 16.1. The fourth-order valence-electron chi connectivity index (χ4n) is 2.35. The second-order valence-corrected chi connectivity index (χ2v) is 6.84. The fraction of sp³-hybridized carbons (Fsp3) is 0.133. The Labute approximate surface area is 135 Å². The van der Waals surface area contributed by atoms with E-state index in [2.05, 4.69) is 4.74 Å². The summed E-state index contributed by atoms with van der Waals surface area (Å²) in [5.41, 5.74) is 0.434. The van der Waals surface area contributed by atoms with Crippen molar-refractivity contribution in [3.8, 4) is 5.75 Å². The molecule has 1 amide bonds. The molecule has 24 heavy (non-hydrogen) atoms. The van der Waals surface area contributed by atoms with Crippen LogP contribution in [0.25, 0.3) is 0 Å². The van der Waals surface area contributed by atoms with Crippen LogP contribution in [0.4, 0.5) is 13.2 Å². The van der Waals surface area contributed by atoms with Crippen LogP contribution in [-0.4, -0.2) is 25.0 Å². The maximum Gasteiger partial charge on any atom is 0.573 e. The molecule has 0 aromatic heterocycles. The zero-order valence-electron chi connectivity index (χ0n) is 11.9. The summed E-state index contributed by atoms with van der Waals surface area (Å²) in [7, 11) is -3.96. The van der Waals surface area contributed by atoms with Crippen molar-refractivity contribution in [1.29, 1.82) is 0 Å². The van der Waals surface area contributed by atoms with Crippen LogP contribution in [0.1, 0.15) is 15.9 Å². The minimum Gasteiger partial charge on any atom is -0.406 e. The van der Waals surface area contributed by atoms with Crippen molar-refractivity contribution >= 4 is 15.9 Å². The average Bonchev–Trinajstić information content (AvgIpc) is 2.69. The van der Waals surface area contributed by atoms with E-state index in [4.69, 9.17) is 0 Å². The van der Waals surface area contributed by atoms with Crippen molar-refractivity contribution < 1.29 is 31.1 Å². The Bertz CT molecular complexity index is 892. The molecule has 0 bridgehead atoms. The lowest BCUT2D eigenvalue weighted by Crippen LogP contribution is -2.29. The first-order valence-corrected chi connectivity index (χ1v) is 8.13. The number of alkyl halides is 3. The van der Waals surface area contributed by atoms with Gasteiger partial charge in [0.2, 0.25) is 0 Å². The van der Waals surface area contributed by atoms with Crippen LogP contribution in [0.5, 0.6) is 5.75 Å². The summed E-state index contributed by atoms with van der Waals surface area (Å²) in [6, 6.07) is 10.5. The van der Waals surface area contributed by atoms with E-state index in [0.717, 1.165) is 12.1 Å². The Balaban J connectivity index is 1.84. The second-order valence-electron chi connectivity index (χ2n) is 5.00. The number of sulfonamides is 1. The Morgan fingerprint density at radius 3 is 2.21 bits per heavy atom. The maximum atomic E-state index is 12.4. The molecule has 0 spiro atoms. The summed E-state index contributed by atoms with van der Waals surface area (Å²) in [6.07, 6.45) is -4.81. The van der Waals surface area contributed by atoms with Crippen LogP contribution < -0.4 is 4.74 Å². The first-order valence-electron chi connectivity index (χ1n) is 6.69. The van der Waals surface area contributed by atoms with Gasteiger partial charge >= 0.3 is 6.36 Å². The van der Waals surface area contributed by atoms with E-state index < -0.39 is 28.0 Å². The van der Waals surface area contributed by atoms with Gasteiger partial charge in [0.05, 0.1) is 12.1 Å². The van der Waals surface area contributed by atoms with Gasteiger partial charge in [-0.1, -0.05) is 24.3 Å². The van der Waals surface area contributed by atoms with Crippen molar-refractivity contribution in [3.05, 3.63) is 59.7 Å². The lowest BCUT2D eigenvalue weighted by atomic mass is 10.2. The molecule has 0 atom stereocenters. The van der Waals surface area contributed by atoms with Gasteiger partial charge in [-0.05, 0) is 29.8 Å². The highest BCUT2D eigenvalue weighted by atomic mass is 32.2. The highest BCUT2D eigenvalue weighted by Crippen LogP contribution is 2.31. The molecule has 1 aliphatic rings. The van der Waals surface area contributed by atoms with Crippen molar-refractivity contribution in [1.82, 2.24) is 4.31 Å². The van der Waals surface area contributed by atoms with E-state index in [1.54, 1.807) is 6.07 Å².